The molecule has 0 spiro atoms. The Labute approximate surface area is 139 Å². The van der Waals surface area contributed by atoms with E-state index >= 15 is 0 Å². The van der Waals surface area contributed by atoms with Gasteiger partial charge in [0.2, 0.25) is 5.91 Å². The van der Waals surface area contributed by atoms with Crippen LogP contribution in [0.25, 0.3) is 0 Å². The average Bonchev–Trinajstić information content (AvgIpc) is 3.12. The Kier molecular flexibility index (Phi) is 3.58. The van der Waals surface area contributed by atoms with Crippen LogP contribution < -0.4 is 4.90 Å². The zero-order valence-corrected chi connectivity index (χ0v) is 13.2. The molecule has 23 heavy (non-hydrogen) atoms. The van der Waals surface area contributed by atoms with E-state index in [0.29, 0.717) is 5.02 Å². The maximum Gasteiger partial charge on any atom is 0.246 e. The molecule has 0 radical (unpaired) electrons. The molecule has 2 saturated heterocycles. The standard InChI is InChI=1S/C18H16ClFN2O/c19-13-5-3-12(4-6-13)17-21-11-1-2-16(21)18(23)22(17)15-9-7-14(20)8-10-15/h3-10,16-17H,1-2,11H2. The lowest BCUT2D eigenvalue weighted by molar-refractivity contribution is -0.119. The van der Waals surface area contributed by atoms with Crippen molar-refractivity contribution in [3.05, 3.63) is 64.9 Å². The molecule has 1 amide bonds. The number of fused-ring (bicyclic) bond motifs is 1. The number of carbonyl (C=O) groups is 1. The van der Waals surface area contributed by atoms with Crippen molar-refractivity contribution < 1.29 is 9.18 Å². The molecule has 2 aliphatic heterocycles. The zero-order valence-electron chi connectivity index (χ0n) is 12.5. The Morgan fingerprint density at radius 3 is 2.43 bits per heavy atom. The summed E-state index contributed by atoms with van der Waals surface area (Å²) in [6, 6.07) is 13.6. The molecule has 0 saturated carbocycles. The van der Waals surface area contributed by atoms with Crippen molar-refractivity contribution in [3.8, 4) is 0 Å². The molecule has 2 atom stereocenters. The molecular weight excluding hydrogens is 315 g/mol. The summed E-state index contributed by atoms with van der Waals surface area (Å²) < 4.78 is 13.2. The first-order valence-electron chi connectivity index (χ1n) is 7.75. The van der Waals surface area contributed by atoms with E-state index < -0.39 is 0 Å². The van der Waals surface area contributed by atoms with Crippen molar-refractivity contribution in [2.24, 2.45) is 0 Å². The summed E-state index contributed by atoms with van der Waals surface area (Å²) >= 11 is 5.99. The SMILES string of the molecule is O=C1C2CCCN2C(c2ccc(Cl)cc2)N1c1ccc(F)cc1. The third-order valence-corrected chi connectivity index (χ3v) is 4.90. The lowest BCUT2D eigenvalue weighted by atomic mass is 10.1. The molecule has 0 N–H and O–H groups in total. The largest absolute Gasteiger partial charge is 0.291 e. The molecule has 5 heteroatoms. The second-order valence-electron chi connectivity index (χ2n) is 6.01. The van der Waals surface area contributed by atoms with Gasteiger partial charge in [0.05, 0.1) is 6.04 Å². The van der Waals surface area contributed by atoms with Crippen LogP contribution in [0.4, 0.5) is 10.1 Å². The van der Waals surface area contributed by atoms with E-state index in [9.17, 15) is 9.18 Å². The first-order chi connectivity index (χ1) is 11.1. The van der Waals surface area contributed by atoms with Crippen molar-refractivity contribution in [2.45, 2.75) is 25.0 Å². The van der Waals surface area contributed by atoms with Crippen LogP contribution in [0.2, 0.25) is 5.02 Å². The van der Waals surface area contributed by atoms with E-state index in [-0.39, 0.29) is 23.9 Å². The van der Waals surface area contributed by atoms with Gasteiger partial charge in [0.1, 0.15) is 12.0 Å². The van der Waals surface area contributed by atoms with Crippen LogP contribution in [0.15, 0.2) is 48.5 Å². The van der Waals surface area contributed by atoms with Crippen molar-refractivity contribution in [2.75, 3.05) is 11.4 Å². The van der Waals surface area contributed by atoms with Crippen LogP contribution in [0, 0.1) is 5.82 Å². The second kappa shape index (κ2) is 5.62. The van der Waals surface area contributed by atoms with Crippen LogP contribution in [0.1, 0.15) is 24.6 Å². The van der Waals surface area contributed by atoms with Gasteiger partial charge in [-0.25, -0.2) is 4.39 Å². The van der Waals surface area contributed by atoms with Gasteiger partial charge >= 0.3 is 0 Å². The quantitative estimate of drug-likeness (QED) is 0.831. The summed E-state index contributed by atoms with van der Waals surface area (Å²) in [5.74, 6) is -0.210. The normalized spacial score (nSPS) is 24.3. The molecule has 2 aromatic carbocycles. The number of halogens is 2. The molecule has 4 rings (SSSR count). The molecule has 2 fully saturated rings. The topological polar surface area (TPSA) is 23.6 Å². The first-order valence-corrected chi connectivity index (χ1v) is 8.13. The highest BCUT2D eigenvalue weighted by atomic mass is 35.5. The fourth-order valence-electron chi connectivity index (χ4n) is 3.62. The number of nitrogens with zero attached hydrogens (tertiary/aromatic N) is 2. The van der Waals surface area contributed by atoms with Crippen molar-refractivity contribution in [1.29, 1.82) is 0 Å². The van der Waals surface area contributed by atoms with Crippen molar-refractivity contribution >= 4 is 23.2 Å². The average molecular weight is 331 g/mol. The number of amides is 1. The smallest absolute Gasteiger partial charge is 0.246 e. The number of rotatable bonds is 2. The van der Waals surface area contributed by atoms with Crippen LogP contribution in [0.5, 0.6) is 0 Å². The van der Waals surface area contributed by atoms with Gasteiger partial charge in [0.15, 0.2) is 0 Å². The van der Waals surface area contributed by atoms with E-state index in [1.54, 1.807) is 17.0 Å². The summed E-state index contributed by atoms with van der Waals surface area (Å²) in [5, 5.41) is 0.671. The molecule has 3 nitrogen and oxygen atoms in total. The molecule has 0 bridgehead atoms. The van der Waals surface area contributed by atoms with Crippen molar-refractivity contribution in [3.63, 3.8) is 0 Å². The summed E-state index contributed by atoms with van der Waals surface area (Å²) in [4.78, 5) is 16.9. The Bertz CT molecular complexity index is 732. The maximum atomic E-state index is 13.2. The zero-order chi connectivity index (χ0) is 16.0. The Balaban J connectivity index is 1.79. The predicted octanol–water partition coefficient (Wildman–Crippen LogP) is 3.99. The number of anilines is 1. The van der Waals surface area contributed by atoms with Crippen LogP contribution in [0.3, 0.4) is 0 Å². The molecule has 2 aliphatic rings. The molecule has 0 aromatic heterocycles. The number of benzene rings is 2. The van der Waals surface area contributed by atoms with Gasteiger partial charge in [0.25, 0.3) is 0 Å². The van der Waals surface area contributed by atoms with Gasteiger partial charge in [-0.15, -0.1) is 0 Å². The lowest BCUT2D eigenvalue weighted by Crippen LogP contribution is -2.32. The fraction of sp³-hybridized carbons (Fsp3) is 0.278. The van der Waals surface area contributed by atoms with E-state index in [1.807, 2.05) is 24.3 Å². The van der Waals surface area contributed by atoms with Gasteiger partial charge < -0.3 is 0 Å². The van der Waals surface area contributed by atoms with Crippen LogP contribution in [-0.2, 0) is 4.79 Å². The first kappa shape index (κ1) is 14.7. The summed E-state index contributed by atoms with van der Waals surface area (Å²) in [5.41, 5.74) is 1.75. The summed E-state index contributed by atoms with van der Waals surface area (Å²) in [6.07, 6.45) is 1.75. The minimum absolute atomic E-state index is 0.0827. The van der Waals surface area contributed by atoms with Gasteiger partial charge in [0, 0.05) is 17.3 Å². The minimum atomic E-state index is -0.302. The lowest BCUT2D eigenvalue weighted by Gasteiger charge is -2.29. The van der Waals surface area contributed by atoms with Gasteiger partial charge in [-0.3, -0.25) is 14.6 Å². The van der Waals surface area contributed by atoms with Gasteiger partial charge in [-0.05, 0) is 54.8 Å². The van der Waals surface area contributed by atoms with Gasteiger partial charge in [-0.1, -0.05) is 23.7 Å². The number of hydrogen-bond acceptors (Lipinski definition) is 2. The van der Waals surface area contributed by atoms with Crippen molar-refractivity contribution in [1.82, 2.24) is 4.90 Å². The number of carbonyl (C=O) groups excluding carboxylic acids is 1. The third kappa shape index (κ3) is 2.42. The Morgan fingerprint density at radius 1 is 1.04 bits per heavy atom. The summed E-state index contributed by atoms with van der Waals surface area (Å²) in [6.45, 7) is 0.890. The summed E-state index contributed by atoms with van der Waals surface area (Å²) in [7, 11) is 0. The molecule has 2 heterocycles. The highest BCUT2D eigenvalue weighted by Gasteiger charge is 2.49. The monoisotopic (exact) mass is 330 g/mol. The maximum absolute atomic E-state index is 13.2. The molecule has 2 unspecified atom stereocenters. The molecule has 0 aliphatic carbocycles. The molecule has 118 valence electrons. The Hall–Kier alpha value is -1.91. The Morgan fingerprint density at radius 2 is 1.74 bits per heavy atom. The van der Waals surface area contributed by atoms with E-state index in [1.165, 1.54) is 12.1 Å². The minimum Gasteiger partial charge on any atom is -0.291 e. The highest BCUT2D eigenvalue weighted by molar-refractivity contribution is 6.30. The van der Waals surface area contributed by atoms with Gasteiger partial charge in [-0.2, -0.15) is 0 Å². The van der Waals surface area contributed by atoms with E-state index in [4.69, 9.17) is 11.6 Å². The molecule has 2 aromatic rings. The number of hydrogen-bond donors (Lipinski definition) is 0. The van der Waals surface area contributed by atoms with Crippen LogP contribution in [-0.4, -0.2) is 23.4 Å². The van der Waals surface area contributed by atoms with E-state index in [2.05, 4.69) is 4.90 Å². The van der Waals surface area contributed by atoms with E-state index in [0.717, 1.165) is 30.6 Å². The molecular formula is C18H16ClFN2O. The predicted molar refractivity (Wildman–Crippen MR) is 87.8 cm³/mol. The fourth-order valence-corrected chi connectivity index (χ4v) is 3.75. The van der Waals surface area contributed by atoms with Crippen LogP contribution >= 0.6 is 11.6 Å². The highest BCUT2D eigenvalue weighted by Crippen LogP contribution is 2.42. The third-order valence-electron chi connectivity index (χ3n) is 4.65. The second-order valence-corrected chi connectivity index (χ2v) is 6.44.